The van der Waals surface area contributed by atoms with Crippen LogP contribution in [0.5, 0.6) is 11.5 Å². The highest BCUT2D eigenvalue weighted by atomic mass is 35.5. The number of ether oxygens (including phenoxy) is 2. The van der Waals surface area contributed by atoms with Gasteiger partial charge in [-0.25, -0.2) is 9.97 Å². The van der Waals surface area contributed by atoms with Crippen LogP contribution in [0.15, 0.2) is 30.6 Å². The largest absolute Gasteiger partial charge is 0.495 e. The van der Waals surface area contributed by atoms with Crippen LogP contribution in [0.25, 0.3) is 10.9 Å². The Balaban J connectivity index is 2.15. The highest BCUT2D eigenvalue weighted by molar-refractivity contribution is 6.32. The quantitative estimate of drug-likeness (QED) is 0.527. The lowest BCUT2D eigenvalue weighted by molar-refractivity contribution is -0.387. The molecule has 10 heteroatoms. The van der Waals surface area contributed by atoms with Gasteiger partial charge in [-0.1, -0.05) is 11.6 Å². The number of methoxy groups -OCH3 is 2. The van der Waals surface area contributed by atoms with Crippen LogP contribution in [-0.2, 0) is 0 Å². The number of nitrogens with zero attached hydrogens (tertiary/aromatic N) is 3. The maximum atomic E-state index is 13.8. The van der Waals surface area contributed by atoms with Gasteiger partial charge in [-0.05, 0) is 0 Å². The fourth-order valence-electron chi connectivity index (χ4n) is 2.39. The minimum atomic E-state index is -0.974. The zero-order chi connectivity index (χ0) is 18.8. The average molecular weight is 379 g/mol. The molecule has 0 fully saturated rings. The molecule has 3 aromatic rings. The van der Waals surface area contributed by atoms with Gasteiger partial charge in [-0.3, -0.25) is 10.1 Å². The van der Waals surface area contributed by atoms with Crippen molar-refractivity contribution in [2.75, 3.05) is 19.5 Å². The molecule has 134 valence electrons. The average Bonchev–Trinajstić information content (AvgIpc) is 2.62. The lowest BCUT2D eigenvalue weighted by Gasteiger charge is -2.14. The van der Waals surface area contributed by atoms with Gasteiger partial charge in [0.25, 0.3) is 0 Å². The Morgan fingerprint density at radius 2 is 1.88 bits per heavy atom. The summed E-state index contributed by atoms with van der Waals surface area (Å²) in [6.45, 7) is 0. The third-order valence-corrected chi connectivity index (χ3v) is 3.92. The second-order valence-corrected chi connectivity index (χ2v) is 5.52. The molecule has 0 saturated heterocycles. The number of aromatic nitrogens is 2. The molecule has 0 bridgehead atoms. The second kappa shape index (κ2) is 6.96. The number of rotatable bonds is 5. The van der Waals surface area contributed by atoms with Crippen molar-refractivity contribution in [1.82, 2.24) is 9.97 Å². The van der Waals surface area contributed by atoms with Crippen LogP contribution in [0.3, 0.4) is 0 Å². The Morgan fingerprint density at radius 3 is 2.54 bits per heavy atom. The van der Waals surface area contributed by atoms with Crippen molar-refractivity contribution in [3.05, 3.63) is 51.5 Å². The number of anilines is 2. The minimum absolute atomic E-state index is 0.213. The Hall–Kier alpha value is -3.20. The molecule has 3 rings (SSSR count). The summed E-state index contributed by atoms with van der Waals surface area (Å²) in [6.07, 6.45) is 1.22. The predicted octanol–water partition coefficient (Wildman–Crippen LogP) is 4.09. The van der Waals surface area contributed by atoms with Crippen molar-refractivity contribution in [2.24, 2.45) is 0 Å². The Kier molecular flexibility index (Phi) is 4.72. The monoisotopic (exact) mass is 378 g/mol. The first-order valence-electron chi connectivity index (χ1n) is 7.21. The molecule has 1 heterocycles. The Morgan fingerprint density at radius 1 is 1.15 bits per heavy atom. The van der Waals surface area contributed by atoms with Crippen LogP contribution < -0.4 is 14.8 Å². The van der Waals surface area contributed by atoms with Gasteiger partial charge >= 0.3 is 5.69 Å². The topological polar surface area (TPSA) is 99.4 Å². The first kappa shape index (κ1) is 17.6. The highest BCUT2D eigenvalue weighted by Gasteiger charge is 2.19. The molecule has 8 nitrogen and oxygen atoms in total. The zero-order valence-corrected chi connectivity index (χ0v) is 14.4. The van der Waals surface area contributed by atoms with Crippen molar-refractivity contribution in [2.45, 2.75) is 0 Å². The van der Waals surface area contributed by atoms with E-state index in [0.717, 1.165) is 12.1 Å². The molecule has 0 unspecified atom stereocenters. The molecule has 0 amide bonds. The van der Waals surface area contributed by atoms with Gasteiger partial charge in [-0.2, -0.15) is 4.39 Å². The van der Waals surface area contributed by atoms with E-state index in [1.54, 1.807) is 12.1 Å². The van der Waals surface area contributed by atoms with Gasteiger partial charge < -0.3 is 14.8 Å². The zero-order valence-electron chi connectivity index (χ0n) is 13.6. The molecule has 26 heavy (non-hydrogen) atoms. The lowest BCUT2D eigenvalue weighted by atomic mass is 10.2. The van der Waals surface area contributed by atoms with E-state index in [1.165, 1.54) is 20.5 Å². The molecule has 1 N–H and O–H groups in total. The molecule has 0 aliphatic carbocycles. The molecular formula is C16H12ClFN4O4. The number of nitro groups is 1. The number of hydrogen-bond donors (Lipinski definition) is 1. The van der Waals surface area contributed by atoms with Crippen molar-refractivity contribution in [3.63, 3.8) is 0 Å². The molecule has 0 atom stereocenters. The molecule has 0 saturated carbocycles. The number of hydrogen-bond acceptors (Lipinski definition) is 7. The van der Waals surface area contributed by atoms with Crippen LogP contribution in [0.1, 0.15) is 0 Å². The minimum Gasteiger partial charge on any atom is -0.495 e. The summed E-state index contributed by atoms with van der Waals surface area (Å²) in [5.41, 5.74) is 0.00206. The summed E-state index contributed by atoms with van der Waals surface area (Å²) in [7, 11) is 2.92. The van der Waals surface area contributed by atoms with E-state index in [1.807, 2.05) is 0 Å². The van der Waals surface area contributed by atoms with E-state index in [9.17, 15) is 14.5 Å². The first-order chi connectivity index (χ1) is 12.4. The Bertz CT molecular complexity index is 1020. The number of fused-ring (bicyclic) bond motifs is 1. The molecule has 2 aromatic carbocycles. The SMILES string of the molecule is COc1cc(Nc2ncnc3cc(F)c([N+](=O)[O-])cc23)c(OC)cc1Cl. The smallest absolute Gasteiger partial charge is 0.305 e. The van der Waals surface area contributed by atoms with Crippen molar-refractivity contribution in [1.29, 1.82) is 0 Å². The summed E-state index contributed by atoms with van der Waals surface area (Å²) >= 11 is 6.08. The number of nitro benzene ring substituents is 1. The predicted molar refractivity (Wildman–Crippen MR) is 94.0 cm³/mol. The van der Waals surface area contributed by atoms with E-state index in [0.29, 0.717) is 22.2 Å². The summed E-state index contributed by atoms with van der Waals surface area (Å²) in [5, 5.41) is 14.6. The van der Waals surface area contributed by atoms with Gasteiger partial charge in [-0.15, -0.1) is 0 Å². The van der Waals surface area contributed by atoms with E-state index < -0.39 is 16.4 Å². The van der Waals surface area contributed by atoms with Crippen LogP contribution in [0, 0.1) is 15.9 Å². The number of halogens is 2. The van der Waals surface area contributed by atoms with E-state index >= 15 is 0 Å². The van der Waals surface area contributed by atoms with E-state index in [2.05, 4.69) is 15.3 Å². The van der Waals surface area contributed by atoms with Crippen molar-refractivity contribution >= 4 is 39.7 Å². The maximum absolute atomic E-state index is 13.8. The molecule has 0 spiro atoms. The summed E-state index contributed by atoms with van der Waals surface area (Å²) < 4.78 is 24.3. The number of nitrogens with one attached hydrogen (secondary N) is 1. The fraction of sp³-hybridized carbons (Fsp3) is 0.125. The van der Waals surface area contributed by atoms with Gasteiger partial charge in [0.2, 0.25) is 5.82 Å². The highest BCUT2D eigenvalue weighted by Crippen LogP contribution is 2.38. The standard InChI is InChI=1S/C16H12ClFN4O4/c1-25-14-6-12(15(26-2)4-9(14)17)21-16-8-3-13(22(23)24)10(18)5-11(8)19-7-20-16/h3-7H,1-2H3,(H,19,20,21). The van der Waals surface area contributed by atoms with Crippen LogP contribution in [-0.4, -0.2) is 29.1 Å². The summed E-state index contributed by atoms with van der Waals surface area (Å²) in [6, 6.07) is 5.20. The molecular weight excluding hydrogens is 367 g/mol. The van der Waals surface area contributed by atoms with E-state index in [-0.39, 0.29) is 16.7 Å². The Labute approximate surface area is 151 Å². The van der Waals surface area contributed by atoms with Crippen LogP contribution >= 0.6 is 11.6 Å². The molecule has 0 aliphatic rings. The van der Waals surface area contributed by atoms with Crippen LogP contribution in [0.4, 0.5) is 21.6 Å². The summed E-state index contributed by atoms with van der Waals surface area (Å²) in [4.78, 5) is 18.2. The second-order valence-electron chi connectivity index (χ2n) is 5.11. The lowest BCUT2D eigenvalue weighted by Crippen LogP contribution is -2.01. The molecule has 0 aliphatic heterocycles. The normalized spacial score (nSPS) is 10.6. The fourth-order valence-corrected chi connectivity index (χ4v) is 2.62. The maximum Gasteiger partial charge on any atom is 0.305 e. The van der Waals surface area contributed by atoms with Crippen molar-refractivity contribution in [3.8, 4) is 11.5 Å². The van der Waals surface area contributed by atoms with Crippen molar-refractivity contribution < 1.29 is 18.8 Å². The molecule has 0 radical (unpaired) electrons. The number of benzene rings is 2. The van der Waals surface area contributed by atoms with Gasteiger partial charge in [0.15, 0.2) is 0 Å². The van der Waals surface area contributed by atoms with E-state index in [4.69, 9.17) is 21.1 Å². The molecule has 1 aromatic heterocycles. The third-order valence-electron chi connectivity index (χ3n) is 3.63. The van der Waals surface area contributed by atoms with Gasteiger partial charge in [0.05, 0.1) is 40.8 Å². The summed E-state index contributed by atoms with van der Waals surface area (Å²) in [5.74, 6) is 0.0585. The first-order valence-corrected chi connectivity index (χ1v) is 7.59. The van der Waals surface area contributed by atoms with Gasteiger partial charge in [0, 0.05) is 24.3 Å². The van der Waals surface area contributed by atoms with Gasteiger partial charge in [0.1, 0.15) is 23.6 Å². The van der Waals surface area contributed by atoms with Crippen LogP contribution in [0.2, 0.25) is 5.02 Å². The third kappa shape index (κ3) is 3.16.